The minimum atomic E-state index is -0.864. The van der Waals surface area contributed by atoms with Crippen molar-refractivity contribution in [2.24, 2.45) is 0 Å². The number of aliphatic carboxylic acids is 1. The van der Waals surface area contributed by atoms with E-state index < -0.39 is 5.97 Å². The van der Waals surface area contributed by atoms with Crippen molar-refractivity contribution in [1.29, 1.82) is 0 Å². The molecule has 1 heterocycles. The molecule has 0 fully saturated rings. The summed E-state index contributed by atoms with van der Waals surface area (Å²) >= 11 is 0. The number of nitrogens with one attached hydrogen (secondary N) is 1. The largest absolute Gasteiger partial charge is 0.493 e. The summed E-state index contributed by atoms with van der Waals surface area (Å²) in [7, 11) is 0. The Kier molecular flexibility index (Phi) is 8.06. The molecule has 2 aromatic rings. The predicted molar refractivity (Wildman–Crippen MR) is 120 cm³/mol. The molecule has 0 unspecified atom stereocenters. The maximum absolute atomic E-state index is 12.6. The van der Waals surface area contributed by atoms with Crippen LogP contribution in [0.3, 0.4) is 0 Å². The Morgan fingerprint density at radius 1 is 1.03 bits per heavy atom. The Labute approximate surface area is 184 Å². The second-order valence-electron chi connectivity index (χ2n) is 8.41. The summed E-state index contributed by atoms with van der Waals surface area (Å²) in [6.45, 7) is 6.83. The summed E-state index contributed by atoms with van der Waals surface area (Å²) in [5.41, 5.74) is 5.18. The maximum Gasteiger partial charge on any atom is 0.307 e. The lowest BCUT2D eigenvalue weighted by molar-refractivity contribution is -0.136. The lowest BCUT2D eigenvalue weighted by Gasteiger charge is -2.24. The summed E-state index contributed by atoms with van der Waals surface area (Å²) in [5, 5.41) is 12.2. The highest BCUT2D eigenvalue weighted by Gasteiger charge is 2.17. The number of aryl methyl sites for hydroxylation is 2. The van der Waals surface area contributed by atoms with Gasteiger partial charge in [-0.05, 0) is 50.3 Å². The van der Waals surface area contributed by atoms with Crippen LogP contribution < -0.4 is 10.1 Å². The summed E-state index contributed by atoms with van der Waals surface area (Å²) in [6, 6.07) is 12.0. The molecular formula is C25H32N2O4. The fourth-order valence-corrected chi connectivity index (χ4v) is 4.08. The summed E-state index contributed by atoms with van der Waals surface area (Å²) in [5.74, 6) is -0.0935. The van der Waals surface area contributed by atoms with Crippen LogP contribution in [0.1, 0.15) is 47.1 Å². The normalized spacial score (nSPS) is 16.1. The molecule has 2 aromatic carbocycles. The van der Waals surface area contributed by atoms with E-state index in [1.54, 1.807) is 0 Å². The number of ether oxygens (including phenoxy) is 1. The van der Waals surface area contributed by atoms with Gasteiger partial charge in [0, 0.05) is 25.2 Å². The SMILES string of the molecule is Cc1cc(C)cc(CN2CC(=O)NCCCCCOc3ccc(CC(=O)O)cc3C2)c1. The number of hydrogen-bond acceptors (Lipinski definition) is 4. The van der Waals surface area contributed by atoms with Gasteiger partial charge in [0.2, 0.25) is 5.91 Å². The van der Waals surface area contributed by atoms with Crippen molar-refractivity contribution in [2.75, 3.05) is 19.7 Å². The van der Waals surface area contributed by atoms with Crippen LogP contribution in [0.25, 0.3) is 0 Å². The summed E-state index contributed by atoms with van der Waals surface area (Å²) < 4.78 is 6.05. The summed E-state index contributed by atoms with van der Waals surface area (Å²) in [6.07, 6.45) is 2.79. The molecule has 0 bridgehead atoms. The second-order valence-corrected chi connectivity index (χ2v) is 8.41. The van der Waals surface area contributed by atoms with Crippen LogP contribution in [0.15, 0.2) is 36.4 Å². The average molecular weight is 425 g/mol. The minimum absolute atomic E-state index is 0.00720. The van der Waals surface area contributed by atoms with Crippen molar-refractivity contribution in [3.05, 3.63) is 64.2 Å². The number of carboxylic acid groups (broad SMARTS) is 1. The van der Waals surface area contributed by atoms with Crippen molar-refractivity contribution < 1.29 is 19.4 Å². The van der Waals surface area contributed by atoms with E-state index in [9.17, 15) is 14.7 Å². The lowest BCUT2D eigenvalue weighted by Crippen LogP contribution is -2.37. The third kappa shape index (κ3) is 7.40. The van der Waals surface area contributed by atoms with Gasteiger partial charge < -0.3 is 15.2 Å². The van der Waals surface area contributed by atoms with Crippen LogP contribution in [0.2, 0.25) is 0 Å². The number of fused-ring (bicyclic) bond motifs is 1. The van der Waals surface area contributed by atoms with E-state index in [-0.39, 0.29) is 18.9 Å². The molecule has 1 aliphatic rings. The Morgan fingerprint density at radius 2 is 1.81 bits per heavy atom. The summed E-state index contributed by atoms with van der Waals surface area (Å²) in [4.78, 5) is 25.9. The Bertz CT molecular complexity index is 905. The zero-order valence-corrected chi connectivity index (χ0v) is 18.4. The molecule has 6 nitrogen and oxygen atoms in total. The Morgan fingerprint density at radius 3 is 2.55 bits per heavy atom. The van der Waals surface area contributed by atoms with Crippen LogP contribution >= 0.6 is 0 Å². The van der Waals surface area contributed by atoms with Gasteiger partial charge in [0.25, 0.3) is 0 Å². The van der Waals surface area contributed by atoms with Crippen LogP contribution in [0.5, 0.6) is 5.75 Å². The van der Waals surface area contributed by atoms with Gasteiger partial charge in [-0.2, -0.15) is 0 Å². The first-order valence-electron chi connectivity index (χ1n) is 10.9. The number of carbonyl (C=O) groups excluding carboxylic acids is 1. The molecule has 2 N–H and O–H groups in total. The van der Waals surface area contributed by atoms with E-state index in [0.717, 1.165) is 41.7 Å². The van der Waals surface area contributed by atoms with Crippen molar-refractivity contribution >= 4 is 11.9 Å². The number of carboxylic acids is 1. The third-order valence-electron chi connectivity index (χ3n) is 5.33. The molecule has 1 aliphatic heterocycles. The first kappa shape index (κ1) is 22.8. The zero-order valence-electron chi connectivity index (χ0n) is 18.4. The molecule has 0 aromatic heterocycles. The third-order valence-corrected chi connectivity index (χ3v) is 5.33. The van der Waals surface area contributed by atoms with Crippen molar-refractivity contribution in [3.63, 3.8) is 0 Å². The average Bonchev–Trinajstić information content (AvgIpc) is 2.68. The van der Waals surface area contributed by atoms with Gasteiger partial charge in [-0.1, -0.05) is 41.5 Å². The predicted octanol–water partition coefficient (Wildman–Crippen LogP) is 3.61. The van der Waals surface area contributed by atoms with E-state index >= 15 is 0 Å². The molecule has 0 atom stereocenters. The van der Waals surface area contributed by atoms with Gasteiger partial charge in [-0.3, -0.25) is 14.5 Å². The number of benzene rings is 2. The molecule has 0 spiro atoms. The number of carbonyl (C=O) groups is 2. The number of amides is 1. The molecule has 3 rings (SSSR count). The quantitative estimate of drug-likeness (QED) is 0.784. The molecule has 0 aliphatic carbocycles. The molecule has 166 valence electrons. The van der Waals surface area contributed by atoms with Crippen LogP contribution in [-0.4, -0.2) is 41.6 Å². The van der Waals surface area contributed by atoms with Gasteiger partial charge >= 0.3 is 5.97 Å². The lowest BCUT2D eigenvalue weighted by atomic mass is 10.0. The van der Waals surface area contributed by atoms with Gasteiger partial charge in [-0.15, -0.1) is 0 Å². The van der Waals surface area contributed by atoms with E-state index in [2.05, 4.69) is 42.3 Å². The van der Waals surface area contributed by atoms with Crippen molar-refractivity contribution in [1.82, 2.24) is 10.2 Å². The Hall–Kier alpha value is -2.86. The fourth-order valence-electron chi connectivity index (χ4n) is 4.08. The molecule has 0 radical (unpaired) electrons. The van der Waals surface area contributed by atoms with Gasteiger partial charge in [0.1, 0.15) is 5.75 Å². The number of nitrogens with zero attached hydrogens (tertiary/aromatic N) is 1. The van der Waals surface area contributed by atoms with Gasteiger partial charge in [0.05, 0.1) is 19.6 Å². The topological polar surface area (TPSA) is 78.9 Å². The van der Waals surface area contributed by atoms with Crippen LogP contribution in [-0.2, 0) is 29.1 Å². The van der Waals surface area contributed by atoms with Gasteiger partial charge in [0.15, 0.2) is 0 Å². The standard InChI is InChI=1S/C25H32N2O4/c1-18-10-19(2)12-21(11-18)15-27-16-22-13-20(14-25(29)30)6-7-23(22)31-9-5-3-4-8-26-24(28)17-27/h6-7,10-13H,3-5,8-9,14-17H2,1-2H3,(H,26,28)(H,29,30). The highest BCUT2D eigenvalue weighted by molar-refractivity contribution is 5.78. The molecule has 1 amide bonds. The van der Waals surface area contributed by atoms with E-state index in [4.69, 9.17) is 4.74 Å². The molecular weight excluding hydrogens is 392 g/mol. The first-order chi connectivity index (χ1) is 14.9. The number of hydrogen-bond donors (Lipinski definition) is 2. The molecule has 0 saturated heterocycles. The smallest absolute Gasteiger partial charge is 0.307 e. The zero-order chi connectivity index (χ0) is 22.2. The van der Waals surface area contributed by atoms with E-state index in [1.165, 1.54) is 11.1 Å². The minimum Gasteiger partial charge on any atom is -0.493 e. The van der Waals surface area contributed by atoms with Crippen molar-refractivity contribution in [2.45, 2.75) is 52.6 Å². The van der Waals surface area contributed by atoms with Crippen LogP contribution in [0, 0.1) is 13.8 Å². The van der Waals surface area contributed by atoms with Crippen molar-refractivity contribution in [3.8, 4) is 5.75 Å². The van der Waals surface area contributed by atoms with E-state index in [1.807, 2.05) is 18.2 Å². The number of rotatable bonds is 4. The van der Waals surface area contributed by atoms with E-state index in [0.29, 0.717) is 26.2 Å². The van der Waals surface area contributed by atoms with Gasteiger partial charge in [-0.25, -0.2) is 0 Å². The molecule has 0 saturated carbocycles. The van der Waals surface area contributed by atoms with Crippen LogP contribution in [0.4, 0.5) is 0 Å². The maximum atomic E-state index is 12.6. The second kappa shape index (κ2) is 11.0. The molecule has 31 heavy (non-hydrogen) atoms. The monoisotopic (exact) mass is 424 g/mol. The first-order valence-corrected chi connectivity index (χ1v) is 10.9. The highest BCUT2D eigenvalue weighted by atomic mass is 16.5. The highest BCUT2D eigenvalue weighted by Crippen LogP contribution is 2.24. The Balaban J connectivity index is 1.90. The fraction of sp³-hybridized carbons (Fsp3) is 0.440. The molecule has 6 heteroatoms.